The maximum Gasteiger partial charge on any atom is 0.127 e. The van der Waals surface area contributed by atoms with Gasteiger partial charge in [-0.3, -0.25) is 0 Å². The monoisotopic (exact) mass is 291 g/mol. The van der Waals surface area contributed by atoms with E-state index in [9.17, 15) is 0 Å². The number of allylic oxidation sites excluding steroid dienone is 4. The van der Waals surface area contributed by atoms with E-state index in [1.54, 1.807) is 24.3 Å². The minimum absolute atomic E-state index is 0.725. The molecule has 2 N–H and O–H groups in total. The van der Waals surface area contributed by atoms with Gasteiger partial charge in [0.25, 0.3) is 0 Å². The molecule has 1 aromatic carbocycles. The summed E-state index contributed by atoms with van der Waals surface area (Å²) in [5.41, 5.74) is 6.30. The molecule has 0 spiro atoms. The maximum absolute atomic E-state index is 5.60. The molecule has 0 aromatic heterocycles. The largest absolute Gasteiger partial charge is 0.457 e. The van der Waals surface area contributed by atoms with E-state index >= 15 is 0 Å². The van der Waals surface area contributed by atoms with Gasteiger partial charge in [-0.25, -0.2) is 0 Å². The van der Waals surface area contributed by atoms with Crippen LogP contribution in [0, 0.1) is 0 Å². The van der Waals surface area contributed by atoms with Crippen molar-refractivity contribution in [1.82, 2.24) is 0 Å². The molecule has 0 saturated heterocycles. The van der Waals surface area contributed by atoms with Crippen molar-refractivity contribution in [2.24, 2.45) is 0 Å². The number of rotatable bonds is 4. The Morgan fingerprint density at radius 3 is 1.86 bits per heavy atom. The Morgan fingerprint density at radius 1 is 1.00 bits per heavy atom. The van der Waals surface area contributed by atoms with Crippen LogP contribution in [0.25, 0.3) is 0 Å². The van der Waals surface area contributed by atoms with Gasteiger partial charge in [-0.1, -0.05) is 60.3 Å². The summed E-state index contributed by atoms with van der Waals surface area (Å²) in [5.74, 6) is 1.51. The number of hydrogen-bond donors (Lipinski definition) is 1. The van der Waals surface area contributed by atoms with Crippen molar-refractivity contribution in [3.8, 4) is 5.75 Å². The summed E-state index contributed by atoms with van der Waals surface area (Å²) in [6.45, 7) is 17.6. The molecule has 2 heteroatoms. The molecule has 0 fully saturated rings. The second-order valence-corrected chi connectivity index (χ2v) is 2.98. The molecule has 0 aliphatic rings. The lowest BCUT2D eigenvalue weighted by atomic mass is 10.3. The number of ether oxygens (including phenoxy) is 1. The van der Waals surface area contributed by atoms with Crippen molar-refractivity contribution in [1.29, 1.82) is 0 Å². The van der Waals surface area contributed by atoms with E-state index in [1.807, 2.05) is 72.8 Å². The van der Waals surface area contributed by atoms with Gasteiger partial charge in [0.1, 0.15) is 11.5 Å². The van der Waals surface area contributed by atoms with Crippen molar-refractivity contribution in [3.63, 3.8) is 0 Å². The first-order valence-corrected chi connectivity index (χ1v) is 7.75. The van der Waals surface area contributed by atoms with Gasteiger partial charge in [0.2, 0.25) is 0 Å². The zero-order valence-electron chi connectivity index (χ0n) is 14.8. The highest BCUT2D eigenvalue weighted by Gasteiger charge is 1.95. The molecule has 0 heterocycles. The molecule has 0 aliphatic heterocycles. The van der Waals surface area contributed by atoms with Crippen molar-refractivity contribution >= 4 is 5.69 Å². The molecule has 0 radical (unpaired) electrons. The van der Waals surface area contributed by atoms with Gasteiger partial charge in [0.15, 0.2) is 0 Å². The third-order valence-corrected chi connectivity index (χ3v) is 1.73. The molecular weight excluding hydrogens is 258 g/mol. The number of anilines is 1. The standard InChI is InChI=1S/C13H15NO.3C2H6/c1-3-5-12(6-4-2)15-13-9-7-11(14)8-10-13;3*1-2/h3-10H,1,14H2,2H3;3*1-2H3/b6-4-,12-5+;;;. The van der Waals surface area contributed by atoms with Crippen LogP contribution >= 0.6 is 0 Å². The Bertz CT molecular complexity index is 375. The minimum Gasteiger partial charge on any atom is -0.457 e. The van der Waals surface area contributed by atoms with E-state index in [0.717, 1.165) is 17.2 Å². The van der Waals surface area contributed by atoms with Crippen LogP contribution in [0.5, 0.6) is 5.75 Å². The Balaban J connectivity index is -0.000000478. The summed E-state index contributed by atoms with van der Waals surface area (Å²) in [7, 11) is 0. The van der Waals surface area contributed by atoms with E-state index < -0.39 is 0 Å². The molecule has 2 nitrogen and oxygen atoms in total. The zero-order chi connectivity index (χ0) is 17.1. The van der Waals surface area contributed by atoms with Crippen molar-refractivity contribution < 1.29 is 4.74 Å². The van der Waals surface area contributed by atoms with Gasteiger partial charge in [0, 0.05) is 5.69 Å². The fourth-order valence-corrected chi connectivity index (χ4v) is 1.08. The Morgan fingerprint density at radius 2 is 1.48 bits per heavy atom. The van der Waals surface area contributed by atoms with Crippen molar-refractivity contribution in [2.45, 2.75) is 48.5 Å². The molecule has 0 amide bonds. The molecule has 0 bridgehead atoms. The second-order valence-electron chi connectivity index (χ2n) is 2.98. The topological polar surface area (TPSA) is 35.2 Å². The van der Waals surface area contributed by atoms with Crippen LogP contribution in [-0.4, -0.2) is 0 Å². The van der Waals surface area contributed by atoms with Crippen LogP contribution < -0.4 is 10.5 Å². The zero-order valence-corrected chi connectivity index (χ0v) is 14.8. The Labute approximate surface area is 132 Å². The molecule has 0 atom stereocenters. The van der Waals surface area contributed by atoms with E-state index in [1.165, 1.54) is 0 Å². The van der Waals surface area contributed by atoms with Gasteiger partial charge in [0.05, 0.1) is 0 Å². The summed E-state index contributed by atoms with van der Waals surface area (Å²) >= 11 is 0. The van der Waals surface area contributed by atoms with Crippen LogP contribution in [-0.2, 0) is 0 Å². The summed E-state index contributed by atoms with van der Waals surface area (Å²) in [4.78, 5) is 0. The summed E-state index contributed by atoms with van der Waals surface area (Å²) in [6.07, 6.45) is 7.27. The first kappa shape index (κ1) is 24.1. The third kappa shape index (κ3) is 14.3. The Hall–Kier alpha value is -1.96. The number of nitrogens with two attached hydrogens (primary N) is 1. The van der Waals surface area contributed by atoms with E-state index in [4.69, 9.17) is 10.5 Å². The van der Waals surface area contributed by atoms with Crippen LogP contribution in [0.1, 0.15) is 48.5 Å². The number of hydrogen-bond acceptors (Lipinski definition) is 2. The van der Waals surface area contributed by atoms with Gasteiger partial charge < -0.3 is 10.5 Å². The SMILES string of the molecule is C=C/C=C(\C=C/C)Oc1ccc(N)cc1.CC.CC.CC. The molecule has 21 heavy (non-hydrogen) atoms. The highest BCUT2D eigenvalue weighted by Crippen LogP contribution is 2.16. The van der Waals surface area contributed by atoms with Crippen LogP contribution in [0.4, 0.5) is 5.69 Å². The molecule has 1 aromatic rings. The molecule has 0 aliphatic carbocycles. The normalized spacial score (nSPS) is 9.19. The fraction of sp³-hybridized carbons (Fsp3) is 0.368. The van der Waals surface area contributed by atoms with Crippen molar-refractivity contribution in [3.05, 3.63) is 60.9 Å². The lowest BCUT2D eigenvalue weighted by Gasteiger charge is -2.05. The van der Waals surface area contributed by atoms with Gasteiger partial charge in [-0.2, -0.15) is 0 Å². The average Bonchev–Trinajstić information content (AvgIpc) is 2.56. The molecular formula is C19H33NO. The maximum atomic E-state index is 5.60. The third-order valence-electron chi connectivity index (χ3n) is 1.73. The number of benzene rings is 1. The predicted molar refractivity (Wildman–Crippen MR) is 98.6 cm³/mol. The molecule has 0 saturated carbocycles. The van der Waals surface area contributed by atoms with Crippen LogP contribution in [0.3, 0.4) is 0 Å². The Kier molecular flexibility index (Phi) is 23.3. The fourth-order valence-electron chi connectivity index (χ4n) is 1.08. The first-order chi connectivity index (χ1) is 10.3. The first-order valence-electron chi connectivity index (χ1n) is 7.75. The van der Waals surface area contributed by atoms with Crippen LogP contribution in [0.2, 0.25) is 0 Å². The summed E-state index contributed by atoms with van der Waals surface area (Å²) in [5, 5.41) is 0. The quantitative estimate of drug-likeness (QED) is 0.397. The lowest BCUT2D eigenvalue weighted by Crippen LogP contribution is -1.92. The highest BCUT2D eigenvalue weighted by molar-refractivity contribution is 5.42. The van der Waals surface area contributed by atoms with Gasteiger partial charge in [-0.05, 0) is 43.3 Å². The lowest BCUT2D eigenvalue weighted by molar-refractivity contribution is 0.444. The van der Waals surface area contributed by atoms with E-state index in [-0.39, 0.29) is 0 Å². The summed E-state index contributed by atoms with van der Waals surface area (Å²) < 4.78 is 5.60. The minimum atomic E-state index is 0.725. The predicted octanol–water partition coefficient (Wildman–Crippen LogP) is 6.37. The summed E-state index contributed by atoms with van der Waals surface area (Å²) in [6, 6.07) is 7.26. The smallest absolute Gasteiger partial charge is 0.127 e. The van der Waals surface area contributed by atoms with Gasteiger partial charge in [-0.15, -0.1) is 0 Å². The molecule has 1 rings (SSSR count). The second kappa shape index (κ2) is 20.4. The number of nitrogen functional groups attached to an aromatic ring is 1. The molecule has 120 valence electrons. The van der Waals surface area contributed by atoms with E-state index in [0.29, 0.717) is 0 Å². The molecule has 0 unspecified atom stereocenters. The average molecular weight is 291 g/mol. The highest BCUT2D eigenvalue weighted by atomic mass is 16.5. The van der Waals surface area contributed by atoms with Gasteiger partial charge >= 0.3 is 0 Å². The van der Waals surface area contributed by atoms with Crippen molar-refractivity contribution in [2.75, 3.05) is 5.73 Å². The van der Waals surface area contributed by atoms with Crippen LogP contribution in [0.15, 0.2) is 60.9 Å². The van der Waals surface area contributed by atoms with E-state index in [2.05, 4.69) is 6.58 Å².